The van der Waals surface area contributed by atoms with Gasteiger partial charge in [0.15, 0.2) is 0 Å². The van der Waals surface area contributed by atoms with Crippen molar-refractivity contribution in [2.75, 3.05) is 0 Å². The van der Waals surface area contributed by atoms with Crippen molar-refractivity contribution >= 4 is 11.6 Å². The van der Waals surface area contributed by atoms with Gasteiger partial charge in [0.2, 0.25) is 5.91 Å². The molecule has 1 amide bonds. The molecule has 1 heterocycles. The molecule has 0 aliphatic rings. The van der Waals surface area contributed by atoms with E-state index in [0.29, 0.717) is 11.6 Å². The summed E-state index contributed by atoms with van der Waals surface area (Å²) in [5.41, 5.74) is 2.63. The molecule has 1 aromatic carbocycles. The fourth-order valence-corrected chi connectivity index (χ4v) is 2.86. The maximum atomic E-state index is 12.4. The number of nitrogens with one attached hydrogen (secondary N) is 1. The van der Waals surface area contributed by atoms with E-state index in [1.54, 1.807) is 6.92 Å². The fourth-order valence-electron chi connectivity index (χ4n) is 2.86. The molecule has 26 heavy (non-hydrogen) atoms. The fraction of sp³-hybridized carbons (Fsp3) is 0.474. The average molecular weight is 358 g/mol. The van der Waals surface area contributed by atoms with Gasteiger partial charge in [0.25, 0.3) is 0 Å². The highest BCUT2D eigenvalue weighted by Gasteiger charge is 2.19. The normalized spacial score (nSPS) is 13.2. The van der Waals surface area contributed by atoms with E-state index < -0.39 is 4.92 Å². The van der Waals surface area contributed by atoms with Crippen LogP contribution in [-0.4, -0.2) is 20.6 Å². The first-order valence-electron chi connectivity index (χ1n) is 8.93. The predicted octanol–water partition coefficient (Wildman–Crippen LogP) is 3.88. The molecule has 140 valence electrons. The van der Waals surface area contributed by atoms with Crippen LogP contribution in [0.25, 0.3) is 0 Å². The Labute approximate surface area is 153 Å². The van der Waals surface area contributed by atoms with Crippen LogP contribution in [0.4, 0.5) is 5.69 Å². The van der Waals surface area contributed by atoms with Crippen molar-refractivity contribution in [3.63, 3.8) is 0 Å². The van der Waals surface area contributed by atoms with Gasteiger partial charge in [0.1, 0.15) is 18.4 Å². The summed E-state index contributed by atoms with van der Waals surface area (Å²) in [4.78, 5) is 22.7. The second-order valence-corrected chi connectivity index (χ2v) is 6.53. The van der Waals surface area contributed by atoms with Gasteiger partial charge in [-0.1, -0.05) is 45.0 Å². The summed E-state index contributed by atoms with van der Waals surface area (Å²) in [7, 11) is 0. The maximum absolute atomic E-state index is 12.4. The Kier molecular flexibility index (Phi) is 6.49. The second-order valence-electron chi connectivity index (χ2n) is 6.53. The van der Waals surface area contributed by atoms with E-state index in [4.69, 9.17) is 0 Å². The molecule has 0 saturated heterocycles. The Hall–Kier alpha value is -2.70. The van der Waals surface area contributed by atoms with Crippen LogP contribution in [-0.2, 0) is 11.3 Å². The molecule has 1 aromatic heterocycles. The number of rotatable bonds is 8. The van der Waals surface area contributed by atoms with E-state index in [2.05, 4.69) is 48.5 Å². The lowest BCUT2D eigenvalue weighted by Crippen LogP contribution is -2.31. The molecule has 1 N–H and O–H groups in total. The van der Waals surface area contributed by atoms with E-state index in [0.717, 1.165) is 18.4 Å². The van der Waals surface area contributed by atoms with Gasteiger partial charge in [0.05, 0.1) is 11.0 Å². The number of carbonyl (C=O) groups excluding carboxylic acids is 1. The van der Waals surface area contributed by atoms with Crippen molar-refractivity contribution in [1.82, 2.24) is 15.1 Å². The molecule has 0 radical (unpaired) electrons. The van der Waals surface area contributed by atoms with Gasteiger partial charge < -0.3 is 5.32 Å². The van der Waals surface area contributed by atoms with Gasteiger partial charge in [-0.3, -0.25) is 19.6 Å². The molecule has 7 nitrogen and oxygen atoms in total. The number of amides is 1. The number of nitro groups is 1. The lowest BCUT2D eigenvalue weighted by atomic mass is 9.95. The minimum atomic E-state index is -0.496. The number of nitrogens with zero attached hydrogens (tertiary/aromatic N) is 3. The highest BCUT2D eigenvalue weighted by atomic mass is 16.6. The Balaban J connectivity index is 2.05. The number of benzene rings is 1. The summed E-state index contributed by atoms with van der Waals surface area (Å²) in [6.07, 6.45) is 3.02. The summed E-state index contributed by atoms with van der Waals surface area (Å²) in [6, 6.07) is 8.23. The minimum absolute atomic E-state index is 0.0405. The lowest BCUT2D eigenvalue weighted by Gasteiger charge is -2.19. The SMILES string of the molecule is CCC(C)c1ccc(C(CC)NC(=O)Cn2ncc([N+](=O)[O-])c2C)cc1. The van der Waals surface area contributed by atoms with Crippen LogP contribution in [0, 0.1) is 17.0 Å². The molecule has 0 aliphatic carbocycles. The maximum Gasteiger partial charge on any atom is 0.309 e. The zero-order valence-electron chi connectivity index (χ0n) is 15.7. The smallest absolute Gasteiger partial charge is 0.309 e. The monoisotopic (exact) mass is 358 g/mol. The first-order valence-corrected chi connectivity index (χ1v) is 8.93. The third kappa shape index (κ3) is 4.47. The third-order valence-electron chi connectivity index (χ3n) is 4.83. The largest absolute Gasteiger partial charge is 0.348 e. The molecule has 0 saturated carbocycles. The standard InChI is InChI=1S/C19H26N4O3/c1-5-13(3)15-7-9-16(10-8-15)17(6-2)21-19(24)12-22-14(4)18(11-20-22)23(25)26/h7-11,13,17H,5-6,12H2,1-4H3,(H,21,24). The Morgan fingerprint density at radius 3 is 2.35 bits per heavy atom. The van der Waals surface area contributed by atoms with E-state index in [9.17, 15) is 14.9 Å². The van der Waals surface area contributed by atoms with Crippen molar-refractivity contribution in [2.45, 2.75) is 59.0 Å². The first kappa shape index (κ1) is 19.6. The summed E-state index contributed by atoms with van der Waals surface area (Å²) in [5, 5.41) is 17.8. The topological polar surface area (TPSA) is 90.1 Å². The highest BCUT2D eigenvalue weighted by molar-refractivity contribution is 5.76. The molecular weight excluding hydrogens is 332 g/mol. The van der Waals surface area contributed by atoms with Crippen LogP contribution in [0.5, 0.6) is 0 Å². The predicted molar refractivity (Wildman–Crippen MR) is 99.9 cm³/mol. The molecule has 2 rings (SSSR count). The molecular formula is C19H26N4O3. The van der Waals surface area contributed by atoms with Crippen molar-refractivity contribution in [2.24, 2.45) is 0 Å². The Bertz CT molecular complexity index is 768. The van der Waals surface area contributed by atoms with Crippen LogP contribution < -0.4 is 5.32 Å². The van der Waals surface area contributed by atoms with E-state index in [1.807, 2.05) is 6.92 Å². The van der Waals surface area contributed by atoms with E-state index >= 15 is 0 Å². The molecule has 0 bridgehead atoms. The zero-order chi connectivity index (χ0) is 19.3. The van der Waals surface area contributed by atoms with Crippen LogP contribution >= 0.6 is 0 Å². The highest BCUT2D eigenvalue weighted by Crippen LogP contribution is 2.23. The van der Waals surface area contributed by atoms with Gasteiger partial charge in [-0.2, -0.15) is 5.10 Å². The average Bonchev–Trinajstić information content (AvgIpc) is 2.99. The number of aromatic nitrogens is 2. The first-order chi connectivity index (χ1) is 12.4. The van der Waals surface area contributed by atoms with Crippen molar-refractivity contribution in [3.05, 3.63) is 57.4 Å². The second kappa shape index (κ2) is 8.60. The van der Waals surface area contributed by atoms with Gasteiger partial charge in [-0.15, -0.1) is 0 Å². The van der Waals surface area contributed by atoms with Gasteiger partial charge in [0, 0.05) is 0 Å². The summed E-state index contributed by atoms with van der Waals surface area (Å²) in [6.45, 7) is 7.91. The Morgan fingerprint density at radius 2 is 1.85 bits per heavy atom. The molecule has 7 heteroatoms. The molecule has 0 aliphatic heterocycles. The van der Waals surface area contributed by atoms with Gasteiger partial charge >= 0.3 is 5.69 Å². The van der Waals surface area contributed by atoms with Crippen molar-refractivity contribution in [3.8, 4) is 0 Å². The minimum Gasteiger partial charge on any atom is -0.348 e. The van der Waals surface area contributed by atoms with Crippen molar-refractivity contribution in [1.29, 1.82) is 0 Å². The third-order valence-corrected chi connectivity index (χ3v) is 4.83. The van der Waals surface area contributed by atoms with Crippen LogP contribution in [0.3, 0.4) is 0 Å². The molecule has 0 fully saturated rings. The van der Waals surface area contributed by atoms with Crippen LogP contribution in [0.2, 0.25) is 0 Å². The summed E-state index contributed by atoms with van der Waals surface area (Å²) < 4.78 is 1.35. The van der Waals surface area contributed by atoms with Crippen molar-refractivity contribution < 1.29 is 9.72 Å². The quantitative estimate of drug-likeness (QED) is 0.573. The summed E-state index contributed by atoms with van der Waals surface area (Å²) in [5.74, 6) is 0.293. The van der Waals surface area contributed by atoms with Gasteiger partial charge in [-0.05, 0) is 36.8 Å². The van der Waals surface area contributed by atoms with Crippen LogP contribution in [0.15, 0.2) is 30.5 Å². The van der Waals surface area contributed by atoms with E-state index in [1.165, 1.54) is 16.4 Å². The zero-order valence-corrected chi connectivity index (χ0v) is 15.7. The Morgan fingerprint density at radius 1 is 1.23 bits per heavy atom. The number of carbonyl (C=O) groups is 1. The number of hydrogen-bond donors (Lipinski definition) is 1. The molecule has 0 spiro atoms. The summed E-state index contributed by atoms with van der Waals surface area (Å²) >= 11 is 0. The lowest BCUT2D eigenvalue weighted by molar-refractivity contribution is -0.385. The molecule has 2 unspecified atom stereocenters. The van der Waals surface area contributed by atoms with Gasteiger partial charge in [-0.25, -0.2) is 0 Å². The molecule has 2 aromatic rings. The molecule has 2 atom stereocenters. The van der Waals surface area contributed by atoms with Crippen LogP contribution in [0.1, 0.15) is 62.4 Å². The van der Waals surface area contributed by atoms with E-state index in [-0.39, 0.29) is 24.2 Å². The number of hydrogen-bond acceptors (Lipinski definition) is 4.